The van der Waals surface area contributed by atoms with Crippen LogP contribution in [0.25, 0.3) is 0 Å². The molecule has 0 saturated carbocycles. The lowest BCUT2D eigenvalue weighted by Crippen LogP contribution is -2.31. The van der Waals surface area contributed by atoms with E-state index in [1.54, 1.807) is 0 Å². The van der Waals surface area contributed by atoms with Gasteiger partial charge in [-0.05, 0) is 45.3 Å². The molecule has 0 aliphatic carbocycles. The highest BCUT2D eigenvalue weighted by Crippen LogP contribution is 2.32. The maximum atomic E-state index is 6.18. The largest absolute Gasteiger partial charge is 0.544 e. The van der Waals surface area contributed by atoms with Crippen LogP contribution in [-0.2, 0) is 4.43 Å². The Morgan fingerprint density at radius 1 is 1.00 bits per heavy atom. The fourth-order valence-electron chi connectivity index (χ4n) is 1.76. The van der Waals surface area contributed by atoms with Crippen molar-refractivity contribution in [2.45, 2.75) is 45.4 Å². The predicted molar refractivity (Wildman–Crippen MR) is 87.8 cm³/mol. The molecule has 19 heavy (non-hydrogen) atoms. The van der Waals surface area contributed by atoms with Crippen molar-refractivity contribution >= 4 is 16.6 Å². The number of rotatable bonds is 6. The zero-order valence-electron chi connectivity index (χ0n) is 13.0. The maximum Gasteiger partial charge on any atom is 0.242 e. The summed E-state index contributed by atoms with van der Waals surface area (Å²) in [6.07, 6.45) is 1.78. The second-order valence-electron chi connectivity index (χ2n) is 6.64. The molecule has 1 atom stereocenters. The molecule has 0 amide bonds. The van der Waals surface area contributed by atoms with Crippen LogP contribution in [0.2, 0.25) is 39.3 Å². The Morgan fingerprint density at radius 3 is 2.05 bits per heavy atom. The zero-order chi connectivity index (χ0) is 14.7. The first-order chi connectivity index (χ1) is 8.62. The fraction of sp³-hybridized carbons (Fsp3) is 0.467. The third-order valence-corrected chi connectivity index (χ3v) is 4.13. The van der Waals surface area contributed by atoms with Crippen molar-refractivity contribution in [3.05, 3.63) is 42.5 Å². The van der Waals surface area contributed by atoms with Gasteiger partial charge in [0.1, 0.15) is 5.75 Å². The smallest absolute Gasteiger partial charge is 0.242 e. The van der Waals surface area contributed by atoms with Crippen LogP contribution < -0.4 is 4.43 Å². The van der Waals surface area contributed by atoms with Gasteiger partial charge in [0.05, 0.1) is 6.10 Å². The van der Waals surface area contributed by atoms with E-state index in [4.69, 9.17) is 8.85 Å². The highest BCUT2D eigenvalue weighted by Gasteiger charge is 2.24. The van der Waals surface area contributed by atoms with Gasteiger partial charge in [-0.3, -0.25) is 0 Å². The molecule has 2 nitrogen and oxygen atoms in total. The lowest BCUT2D eigenvalue weighted by molar-refractivity contribution is 0.245. The molecule has 0 aliphatic rings. The molecule has 0 aliphatic heterocycles. The van der Waals surface area contributed by atoms with Crippen molar-refractivity contribution in [1.82, 2.24) is 0 Å². The van der Waals surface area contributed by atoms with E-state index in [1.807, 2.05) is 24.3 Å². The minimum Gasteiger partial charge on any atom is -0.544 e. The number of para-hydroxylation sites is 1. The Kier molecular flexibility index (Phi) is 5.18. The first-order valence-corrected chi connectivity index (χ1v) is 13.5. The molecule has 0 bridgehead atoms. The van der Waals surface area contributed by atoms with Gasteiger partial charge in [0.15, 0.2) is 8.32 Å². The molecular formula is C15H26O2Si2. The molecule has 106 valence electrons. The molecule has 1 rings (SSSR count). The Hall–Kier alpha value is -0.846. The molecule has 1 unspecified atom stereocenters. The van der Waals surface area contributed by atoms with E-state index in [0.29, 0.717) is 0 Å². The van der Waals surface area contributed by atoms with Crippen molar-refractivity contribution in [2.75, 3.05) is 0 Å². The van der Waals surface area contributed by atoms with Gasteiger partial charge in [0, 0.05) is 5.56 Å². The summed E-state index contributed by atoms with van der Waals surface area (Å²) in [5.74, 6) is 0.935. The molecule has 4 heteroatoms. The molecular weight excluding hydrogens is 268 g/mol. The summed E-state index contributed by atoms with van der Waals surface area (Å²) in [6.45, 7) is 17.0. The van der Waals surface area contributed by atoms with E-state index in [-0.39, 0.29) is 6.10 Å². The number of hydrogen-bond donors (Lipinski definition) is 0. The van der Waals surface area contributed by atoms with Gasteiger partial charge in [-0.1, -0.05) is 24.3 Å². The van der Waals surface area contributed by atoms with Gasteiger partial charge in [-0.25, -0.2) is 0 Å². The Labute approximate surface area is 119 Å². The molecule has 0 aromatic heterocycles. The number of hydrogen-bond acceptors (Lipinski definition) is 2. The predicted octanol–water partition coefficient (Wildman–Crippen LogP) is 4.98. The van der Waals surface area contributed by atoms with Crippen LogP contribution in [0.3, 0.4) is 0 Å². The highest BCUT2D eigenvalue weighted by atomic mass is 28.4. The van der Waals surface area contributed by atoms with Gasteiger partial charge in [0.25, 0.3) is 0 Å². The highest BCUT2D eigenvalue weighted by molar-refractivity contribution is 6.70. The zero-order valence-corrected chi connectivity index (χ0v) is 15.0. The summed E-state index contributed by atoms with van der Waals surface area (Å²) < 4.78 is 12.3. The second kappa shape index (κ2) is 6.07. The third kappa shape index (κ3) is 5.76. The van der Waals surface area contributed by atoms with Crippen LogP contribution in [0, 0.1) is 0 Å². The molecule has 0 radical (unpaired) electrons. The molecule has 1 aromatic rings. The van der Waals surface area contributed by atoms with E-state index in [2.05, 4.69) is 51.9 Å². The average Bonchev–Trinajstić information content (AvgIpc) is 2.23. The van der Waals surface area contributed by atoms with Crippen LogP contribution in [0.1, 0.15) is 11.7 Å². The van der Waals surface area contributed by atoms with Crippen molar-refractivity contribution in [2.24, 2.45) is 0 Å². The Balaban J connectivity index is 3.07. The van der Waals surface area contributed by atoms with Gasteiger partial charge in [0.2, 0.25) is 8.32 Å². The first kappa shape index (κ1) is 16.2. The monoisotopic (exact) mass is 294 g/mol. The molecule has 0 spiro atoms. The van der Waals surface area contributed by atoms with Gasteiger partial charge < -0.3 is 8.85 Å². The van der Waals surface area contributed by atoms with Gasteiger partial charge in [-0.2, -0.15) is 0 Å². The average molecular weight is 295 g/mol. The van der Waals surface area contributed by atoms with E-state index in [0.717, 1.165) is 11.3 Å². The van der Waals surface area contributed by atoms with Crippen molar-refractivity contribution < 1.29 is 8.85 Å². The van der Waals surface area contributed by atoms with E-state index < -0.39 is 16.6 Å². The van der Waals surface area contributed by atoms with Crippen molar-refractivity contribution in [3.63, 3.8) is 0 Å². The van der Waals surface area contributed by atoms with Crippen molar-refractivity contribution in [1.29, 1.82) is 0 Å². The number of benzene rings is 1. The van der Waals surface area contributed by atoms with Crippen LogP contribution in [0.15, 0.2) is 36.9 Å². The molecule has 0 heterocycles. The summed E-state index contributed by atoms with van der Waals surface area (Å²) in [5, 5.41) is 0. The summed E-state index contributed by atoms with van der Waals surface area (Å²) in [6, 6.07) is 8.13. The quantitative estimate of drug-likeness (QED) is 0.544. The van der Waals surface area contributed by atoms with Gasteiger partial charge >= 0.3 is 0 Å². The minimum absolute atomic E-state index is 0.0841. The first-order valence-electron chi connectivity index (χ1n) is 6.71. The van der Waals surface area contributed by atoms with Crippen LogP contribution >= 0.6 is 0 Å². The van der Waals surface area contributed by atoms with Crippen LogP contribution in [0.4, 0.5) is 0 Å². The summed E-state index contributed by atoms with van der Waals surface area (Å²) in [5.41, 5.74) is 1.09. The fourth-order valence-corrected chi connectivity index (χ4v) is 3.59. The maximum absolute atomic E-state index is 6.18. The standard InChI is InChI=1S/C15H26O2Si2/c1-8-14(16-18(2,3)4)13-11-9-10-12-15(13)17-19(5,6)7/h8-12,14H,1H2,2-7H3. The summed E-state index contributed by atoms with van der Waals surface area (Å²) in [4.78, 5) is 0. The molecule has 0 N–H and O–H groups in total. The summed E-state index contributed by atoms with van der Waals surface area (Å²) >= 11 is 0. The van der Waals surface area contributed by atoms with Gasteiger partial charge in [-0.15, -0.1) is 6.58 Å². The van der Waals surface area contributed by atoms with Crippen molar-refractivity contribution in [3.8, 4) is 5.75 Å². The Morgan fingerprint density at radius 2 is 1.58 bits per heavy atom. The minimum atomic E-state index is -1.63. The van der Waals surface area contributed by atoms with E-state index >= 15 is 0 Å². The molecule has 0 saturated heterocycles. The lowest BCUT2D eigenvalue weighted by Gasteiger charge is -2.28. The topological polar surface area (TPSA) is 18.5 Å². The third-order valence-electron chi connectivity index (χ3n) is 2.34. The normalized spacial score (nSPS) is 14.0. The second-order valence-corrected chi connectivity index (χ2v) is 15.5. The van der Waals surface area contributed by atoms with Crippen LogP contribution in [0.5, 0.6) is 5.75 Å². The van der Waals surface area contributed by atoms with Crippen LogP contribution in [-0.4, -0.2) is 16.6 Å². The van der Waals surface area contributed by atoms with E-state index in [1.165, 1.54) is 0 Å². The Bertz CT molecular complexity index is 431. The lowest BCUT2D eigenvalue weighted by atomic mass is 10.1. The summed E-state index contributed by atoms with van der Waals surface area (Å²) in [7, 11) is -3.25. The molecule has 0 fully saturated rings. The molecule has 1 aromatic carbocycles. The SMILES string of the molecule is C=CC(O[Si](C)(C)C)c1ccccc1O[Si](C)(C)C. The van der Waals surface area contributed by atoms with E-state index in [9.17, 15) is 0 Å².